The quantitative estimate of drug-likeness (QED) is 0.671. The van der Waals surface area contributed by atoms with E-state index in [4.69, 9.17) is 5.73 Å². The highest BCUT2D eigenvalue weighted by Crippen LogP contribution is 2.26. The highest BCUT2D eigenvalue weighted by Gasteiger charge is 2.33. The van der Waals surface area contributed by atoms with Gasteiger partial charge in [0.05, 0.1) is 4.90 Å². The number of rotatable bonds is 5. The van der Waals surface area contributed by atoms with Crippen LogP contribution in [0.1, 0.15) is 33.3 Å². The molecule has 0 radical (unpaired) electrons. The normalized spacial score (nSPS) is 12.7. The number of sulfonamides is 1. The molecule has 0 saturated heterocycles. The molecule has 1 aromatic rings. The van der Waals surface area contributed by atoms with Crippen molar-refractivity contribution in [2.75, 3.05) is 12.3 Å². The minimum absolute atomic E-state index is 0.226. The summed E-state index contributed by atoms with van der Waals surface area (Å²) in [6, 6.07) is 4.93. The fourth-order valence-corrected chi connectivity index (χ4v) is 3.83. The molecule has 4 nitrogen and oxygen atoms in total. The third kappa shape index (κ3) is 3.41. The first-order valence-corrected chi connectivity index (χ1v) is 8.10. The van der Waals surface area contributed by atoms with Crippen LogP contribution in [0, 0.1) is 0 Å². The van der Waals surface area contributed by atoms with E-state index in [1.165, 1.54) is 10.4 Å². The number of nitrogen functional groups attached to an aromatic ring is 1. The van der Waals surface area contributed by atoms with Crippen LogP contribution in [-0.4, -0.2) is 24.8 Å². The van der Waals surface area contributed by atoms with Gasteiger partial charge in [0.1, 0.15) is 0 Å². The predicted octanol–water partition coefficient (Wildman–Crippen LogP) is 2.81. The third-order valence-electron chi connectivity index (χ3n) is 3.13. The van der Waals surface area contributed by atoms with E-state index in [0.29, 0.717) is 5.69 Å². The molecule has 0 atom stereocenters. The van der Waals surface area contributed by atoms with Crippen LogP contribution >= 0.6 is 0 Å². The van der Waals surface area contributed by atoms with Crippen LogP contribution in [0.3, 0.4) is 0 Å². The van der Waals surface area contributed by atoms with Crippen molar-refractivity contribution in [3.8, 4) is 0 Å². The molecule has 5 heteroatoms. The molecule has 20 heavy (non-hydrogen) atoms. The van der Waals surface area contributed by atoms with E-state index in [1.54, 1.807) is 18.2 Å². The minimum Gasteiger partial charge on any atom is -0.398 e. The summed E-state index contributed by atoms with van der Waals surface area (Å²) in [5.74, 6) is 0. The summed E-state index contributed by atoms with van der Waals surface area (Å²) in [7, 11) is -3.59. The second-order valence-electron chi connectivity index (χ2n) is 5.71. The van der Waals surface area contributed by atoms with Gasteiger partial charge in [-0.15, -0.1) is 6.58 Å². The van der Waals surface area contributed by atoms with Gasteiger partial charge in [0.25, 0.3) is 0 Å². The average molecular weight is 296 g/mol. The highest BCUT2D eigenvalue weighted by atomic mass is 32.2. The minimum atomic E-state index is -3.59. The molecule has 0 unspecified atom stereocenters. The summed E-state index contributed by atoms with van der Waals surface area (Å²) in [6.07, 6.45) is 2.37. The molecule has 0 saturated carbocycles. The van der Waals surface area contributed by atoms with Crippen molar-refractivity contribution in [2.24, 2.45) is 0 Å². The zero-order valence-electron chi connectivity index (χ0n) is 12.7. The van der Waals surface area contributed by atoms with Gasteiger partial charge in [0.15, 0.2) is 0 Å². The van der Waals surface area contributed by atoms with E-state index in [-0.39, 0.29) is 11.4 Å². The summed E-state index contributed by atoms with van der Waals surface area (Å²) >= 11 is 0. The van der Waals surface area contributed by atoms with Gasteiger partial charge in [-0.3, -0.25) is 0 Å². The van der Waals surface area contributed by atoms with E-state index in [0.717, 1.165) is 12.0 Å². The van der Waals surface area contributed by atoms with Gasteiger partial charge >= 0.3 is 0 Å². The molecule has 1 rings (SSSR count). The molecule has 0 aliphatic carbocycles. The smallest absolute Gasteiger partial charge is 0.243 e. The Balaban J connectivity index is 3.33. The molecule has 1 aromatic carbocycles. The topological polar surface area (TPSA) is 63.4 Å². The lowest BCUT2D eigenvalue weighted by molar-refractivity contribution is 0.270. The average Bonchev–Trinajstić information content (AvgIpc) is 2.34. The van der Waals surface area contributed by atoms with Gasteiger partial charge in [0.2, 0.25) is 10.0 Å². The maximum Gasteiger partial charge on any atom is 0.243 e. The van der Waals surface area contributed by atoms with Crippen molar-refractivity contribution < 1.29 is 8.42 Å². The summed E-state index contributed by atoms with van der Waals surface area (Å²) in [6.45, 7) is 11.5. The lowest BCUT2D eigenvalue weighted by Gasteiger charge is -2.33. The zero-order valence-corrected chi connectivity index (χ0v) is 13.5. The van der Waals surface area contributed by atoms with Crippen molar-refractivity contribution in [1.29, 1.82) is 0 Å². The van der Waals surface area contributed by atoms with E-state index in [9.17, 15) is 8.42 Å². The Kier molecular flexibility index (Phi) is 5.00. The van der Waals surface area contributed by atoms with Crippen molar-refractivity contribution in [2.45, 2.75) is 44.6 Å². The van der Waals surface area contributed by atoms with Crippen LogP contribution in [0.25, 0.3) is 0 Å². The van der Waals surface area contributed by atoms with Crippen LogP contribution in [0.5, 0.6) is 0 Å². The third-order valence-corrected chi connectivity index (χ3v) is 5.26. The lowest BCUT2D eigenvalue weighted by atomic mass is 10.1. The number of anilines is 1. The monoisotopic (exact) mass is 296 g/mol. The van der Waals surface area contributed by atoms with E-state index in [2.05, 4.69) is 6.58 Å². The second kappa shape index (κ2) is 5.97. The number of aryl methyl sites for hydroxylation is 1. The van der Waals surface area contributed by atoms with Crippen molar-refractivity contribution in [3.63, 3.8) is 0 Å². The lowest BCUT2D eigenvalue weighted by Crippen LogP contribution is -2.45. The Hall–Kier alpha value is -1.33. The molecular formula is C15H24N2O2S. The first-order chi connectivity index (χ1) is 9.14. The standard InChI is InChI=1S/C15H24N2O2S/c1-6-10-17(15(3,4)5)20(18,19)13-9-8-12(7-2)14(16)11-13/h6,8-9,11H,1,7,10,16H2,2-5H3. The SMILES string of the molecule is C=CCN(C(C)(C)C)S(=O)(=O)c1ccc(CC)c(N)c1. The Morgan fingerprint density at radius 3 is 2.35 bits per heavy atom. The van der Waals surface area contributed by atoms with Crippen molar-refractivity contribution in [3.05, 3.63) is 36.4 Å². The first-order valence-electron chi connectivity index (χ1n) is 6.66. The van der Waals surface area contributed by atoms with Gasteiger partial charge in [0, 0.05) is 17.8 Å². The van der Waals surface area contributed by atoms with Crippen LogP contribution in [0.2, 0.25) is 0 Å². The van der Waals surface area contributed by atoms with E-state index < -0.39 is 15.6 Å². The Morgan fingerprint density at radius 2 is 1.95 bits per heavy atom. The number of benzene rings is 1. The molecule has 0 aliphatic rings. The molecule has 0 amide bonds. The fraction of sp³-hybridized carbons (Fsp3) is 0.467. The highest BCUT2D eigenvalue weighted by molar-refractivity contribution is 7.89. The number of hydrogen-bond acceptors (Lipinski definition) is 3. The van der Waals surface area contributed by atoms with Crippen LogP contribution in [0.4, 0.5) is 5.69 Å². The molecule has 0 bridgehead atoms. The summed E-state index contributed by atoms with van der Waals surface area (Å²) in [5.41, 5.74) is 6.85. The number of nitrogens with zero attached hydrogens (tertiary/aromatic N) is 1. The Morgan fingerprint density at radius 1 is 1.35 bits per heavy atom. The zero-order chi connectivity index (χ0) is 15.6. The first kappa shape index (κ1) is 16.7. The molecule has 112 valence electrons. The van der Waals surface area contributed by atoms with Gasteiger partial charge in [-0.25, -0.2) is 8.42 Å². The van der Waals surface area contributed by atoms with Crippen molar-refractivity contribution >= 4 is 15.7 Å². The second-order valence-corrected chi connectivity index (χ2v) is 7.57. The molecule has 0 heterocycles. The van der Waals surface area contributed by atoms with Crippen LogP contribution < -0.4 is 5.73 Å². The predicted molar refractivity (Wildman–Crippen MR) is 84.1 cm³/mol. The van der Waals surface area contributed by atoms with Crippen LogP contribution in [-0.2, 0) is 16.4 Å². The summed E-state index contributed by atoms with van der Waals surface area (Å²) in [4.78, 5) is 0.226. The van der Waals surface area contributed by atoms with Gasteiger partial charge in [-0.05, 0) is 44.9 Å². The molecule has 0 aromatic heterocycles. The van der Waals surface area contributed by atoms with E-state index >= 15 is 0 Å². The van der Waals surface area contributed by atoms with Crippen LogP contribution in [0.15, 0.2) is 35.7 Å². The molecule has 0 spiro atoms. The summed E-state index contributed by atoms with van der Waals surface area (Å²) < 4.78 is 26.9. The maximum atomic E-state index is 12.7. The maximum absolute atomic E-state index is 12.7. The fourth-order valence-electron chi connectivity index (χ4n) is 2.03. The van der Waals surface area contributed by atoms with E-state index in [1.807, 2.05) is 27.7 Å². The molecule has 2 N–H and O–H groups in total. The number of nitrogens with two attached hydrogens (primary N) is 1. The Bertz CT molecular complexity index is 586. The van der Waals surface area contributed by atoms with Gasteiger partial charge < -0.3 is 5.73 Å². The summed E-state index contributed by atoms with van der Waals surface area (Å²) in [5, 5.41) is 0. The Labute approximate surface area is 122 Å². The largest absolute Gasteiger partial charge is 0.398 e. The number of hydrogen-bond donors (Lipinski definition) is 1. The molecule has 0 fully saturated rings. The van der Waals surface area contributed by atoms with Crippen molar-refractivity contribution in [1.82, 2.24) is 4.31 Å². The molecule has 0 aliphatic heterocycles. The van der Waals surface area contributed by atoms with Gasteiger partial charge in [-0.1, -0.05) is 19.1 Å². The van der Waals surface area contributed by atoms with Gasteiger partial charge in [-0.2, -0.15) is 4.31 Å². The molecular weight excluding hydrogens is 272 g/mol.